The summed E-state index contributed by atoms with van der Waals surface area (Å²) in [7, 11) is 0. The zero-order valence-corrected chi connectivity index (χ0v) is 11.3. The molecule has 0 bridgehead atoms. The standard InChI is InChI=1S/C16H11F3N2O/c17-16(18,19)14(11-6-2-1-3-7-11)22-15-12-8-4-5-9-13(12)20-10-21-15/h1-10,14H. The molecule has 0 N–H and O–H groups in total. The van der Waals surface area contributed by atoms with Gasteiger partial charge in [0.05, 0.1) is 10.9 Å². The lowest BCUT2D eigenvalue weighted by Gasteiger charge is -2.22. The van der Waals surface area contributed by atoms with E-state index in [-0.39, 0.29) is 11.4 Å². The lowest BCUT2D eigenvalue weighted by atomic mass is 10.1. The molecular weight excluding hydrogens is 293 g/mol. The molecule has 22 heavy (non-hydrogen) atoms. The molecule has 1 atom stereocenters. The van der Waals surface area contributed by atoms with Crippen molar-refractivity contribution in [2.24, 2.45) is 0 Å². The van der Waals surface area contributed by atoms with Crippen molar-refractivity contribution in [2.45, 2.75) is 12.3 Å². The molecule has 112 valence electrons. The highest BCUT2D eigenvalue weighted by Gasteiger charge is 2.43. The van der Waals surface area contributed by atoms with Crippen molar-refractivity contribution in [1.82, 2.24) is 9.97 Å². The summed E-state index contributed by atoms with van der Waals surface area (Å²) in [5, 5.41) is 0.440. The second-order valence-electron chi connectivity index (χ2n) is 4.65. The average Bonchev–Trinajstić information content (AvgIpc) is 2.52. The highest BCUT2D eigenvalue weighted by molar-refractivity contribution is 5.82. The number of alkyl halides is 3. The average molecular weight is 304 g/mol. The molecule has 3 aromatic rings. The summed E-state index contributed by atoms with van der Waals surface area (Å²) in [4.78, 5) is 7.86. The fourth-order valence-electron chi connectivity index (χ4n) is 2.14. The Bertz CT molecular complexity index is 770. The minimum atomic E-state index is -4.55. The molecule has 0 aliphatic carbocycles. The number of benzene rings is 2. The molecule has 0 aliphatic heterocycles. The molecule has 2 aromatic carbocycles. The molecule has 0 saturated carbocycles. The van der Waals surface area contributed by atoms with Gasteiger partial charge in [0.15, 0.2) is 0 Å². The van der Waals surface area contributed by atoms with Gasteiger partial charge in [-0.05, 0) is 12.1 Å². The van der Waals surface area contributed by atoms with E-state index in [9.17, 15) is 13.2 Å². The molecule has 3 rings (SSSR count). The summed E-state index contributed by atoms with van der Waals surface area (Å²) in [5.74, 6) is -0.0863. The van der Waals surface area contributed by atoms with E-state index in [4.69, 9.17) is 4.74 Å². The van der Waals surface area contributed by atoms with Crippen LogP contribution >= 0.6 is 0 Å². The smallest absolute Gasteiger partial charge is 0.429 e. The Morgan fingerprint density at radius 1 is 0.864 bits per heavy atom. The van der Waals surface area contributed by atoms with Gasteiger partial charge in [0.25, 0.3) is 0 Å². The lowest BCUT2D eigenvalue weighted by Crippen LogP contribution is -2.26. The number of rotatable bonds is 3. The first kappa shape index (κ1) is 14.3. The molecule has 1 unspecified atom stereocenters. The second-order valence-corrected chi connectivity index (χ2v) is 4.65. The van der Waals surface area contributed by atoms with E-state index in [1.807, 2.05) is 0 Å². The fourth-order valence-corrected chi connectivity index (χ4v) is 2.14. The number of aromatic nitrogens is 2. The summed E-state index contributed by atoms with van der Waals surface area (Å²) in [6.07, 6.45) is -5.43. The van der Waals surface area contributed by atoms with Crippen LogP contribution in [0.3, 0.4) is 0 Å². The maximum Gasteiger partial charge on any atom is 0.429 e. The van der Waals surface area contributed by atoms with Crippen LogP contribution in [-0.2, 0) is 0 Å². The first-order valence-corrected chi connectivity index (χ1v) is 6.54. The number of hydrogen-bond acceptors (Lipinski definition) is 3. The van der Waals surface area contributed by atoms with Gasteiger partial charge in [-0.15, -0.1) is 0 Å². The number of para-hydroxylation sites is 1. The van der Waals surface area contributed by atoms with Crippen molar-refractivity contribution in [3.63, 3.8) is 0 Å². The van der Waals surface area contributed by atoms with Crippen molar-refractivity contribution in [3.05, 3.63) is 66.5 Å². The Hall–Kier alpha value is -2.63. The highest BCUT2D eigenvalue weighted by Crippen LogP contribution is 2.37. The van der Waals surface area contributed by atoms with Crippen LogP contribution in [0.5, 0.6) is 5.88 Å². The molecule has 6 heteroatoms. The Morgan fingerprint density at radius 2 is 1.55 bits per heavy atom. The summed E-state index contributed by atoms with van der Waals surface area (Å²) in [5.41, 5.74) is 0.555. The Labute approximate surface area is 124 Å². The van der Waals surface area contributed by atoms with E-state index in [1.165, 1.54) is 30.6 Å². The normalized spacial score (nSPS) is 13.0. The van der Waals surface area contributed by atoms with Crippen molar-refractivity contribution >= 4 is 10.9 Å². The third-order valence-corrected chi connectivity index (χ3v) is 3.14. The van der Waals surface area contributed by atoms with Crippen LogP contribution in [0, 0.1) is 0 Å². The molecule has 0 aliphatic rings. The maximum atomic E-state index is 13.3. The predicted molar refractivity (Wildman–Crippen MR) is 75.4 cm³/mol. The zero-order chi connectivity index (χ0) is 15.6. The Morgan fingerprint density at radius 3 is 2.27 bits per heavy atom. The van der Waals surface area contributed by atoms with Crippen molar-refractivity contribution in [3.8, 4) is 5.88 Å². The molecule has 0 amide bonds. The predicted octanol–water partition coefficient (Wildman–Crippen LogP) is 4.31. The van der Waals surface area contributed by atoms with Crippen LogP contribution in [-0.4, -0.2) is 16.1 Å². The largest absolute Gasteiger partial charge is 0.459 e. The molecule has 0 radical (unpaired) electrons. The van der Waals surface area contributed by atoms with E-state index in [0.717, 1.165) is 0 Å². The first-order chi connectivity index (χ1) is 10.6. The van der Waals surface area contributed by atoms with Gasteiger partial charge >= 0.3 is 6.18 Å². The van der Waals surface area contributed by atoms with E-state index in [2.05, 4.69) is 9.97 Å². The number of halogens is 3. The summed E-state index contributed by atoms with van der Waals surface area (Å²) in [6.45, 7) is 0. The van der Waals surface area contributed by atoms with Crippen molar-refractivity contribution in [2.75, 3.05) is 0 Å². The molecule has 0 saturated heterocycles. The van der Waals surface area contributed by atoms with Crippen molar-refractivity contribution in [1.29, 1.82) is 0 Å². The molecular formula is C16H11F3N2O. The van der Waals surface area contributed by atoms with Gasteiger partial charge < -0.3 is 4.74 Å². The van der Waals surface area contributed by atoms with Gasteiger partial charge in [-0.2, -0.15) is 13.2 Å². The minimum absolute atomic E-state index is 0.0256. The van der Waals surface area contributed by atoms with Crippen LogP contribution in [0.1, 0.15) is 11.7 Å². The number of hydrogen-bond donors (Lipinski definition) is 0. The summed E-state index contributed by atoms with van der Waals surface area (Å²) >= 11 is 0. The van der Waals surface area contributed by atoms with E-state index in [0.29, 0.717) is 10.9 Å². The minimum Gasteiger partial charge on any atom is -0.459 e. The zero-order valence-electron chi connectivity index (χ0n) is 11.3. The SMILES string of the molecule is FC(F)(F)C(Oc1ncnc2ccccc12)c1ccccc1. The van der Waals surface area contributed by atoms with Gasteiger partial charge in [0, 0.05) is 5.56 Å². The fraction of sp³-hybridized carbons (Fsp3) is 0.125. The Kier molecular flexibility index (Phi) is 3.66. The maximum absolute atomic E-state index is 13.3. The third kappa shape index (κ3) is 2.86. The molecule has 1 heterocycles. The molecule has 0 spiro atoms. The van der Waals surface area contributed by atoms with Gasteiger partial charge in [-0.3, -0.25) is 0 Å². The van der Waals surface area contributed by atoms with Crippen LogP contribution in [0.4, 0.5) is 13.2 Å². The summed E-state index contributed by atoms with van der Waals surface area (Å²) < 4.78 is 45.2. The van der Waals surface area contributed by atoms with Crippen LogP contribution in [0.15, 0.2) is 60.9 Å². The first-order valence-electron chi connectivity index (χ1n) is 6.54. The Balaban J connectivity index is 2.03. The van der Waals surface area contributed by atoms with Crippen LogP contribution < -0.4 is 4.74 Å². The van der Waals surface area contributed by atoms with Crippen LogP contribution in [0.2, 0.25) is 0 Å². The van der Waals surface area contributed by atoms with Gasteiger partial charge in [0.1, 0.15) is 6.33 Å². The molecule has 3 nitrogen and oxygen atoms in total. The molecule has 1 aromatic heterocycles. The van der Waals surface area contributed by atoms with E-state index >= 15 is 0 Å². The number of fused-ring (bicyclic) bond motifs is 1. The van der Waals surface area contributed by atoms with Gasteiger partial charge in [0.2, 0.25) is 12.0 Å². The number of ether oxygens (including phenoxy) is 1. The van der Waals surface area contributed by atoms with Gasteiger partial charge in [-0.1, -0.05) is 42.5 Å². The second kappa shape index (κ2) is 5.63. The van der Waals surface area contributed by atoms with Crippen molar-refractivity contribution < 1.29 is 17.9 Å². The molecule has 0 fully saturated rings. The van der Waals surface area contributed by atoms with E-state index in [1.54, 1.807) is 30.3 Å². The topological polar surface area (TPSA) is 35.0 Å². The van der Waals surface area contributed by atoms with Crippen LogP contribution in [0.25, 0.3) is 10.9 Å². The summed E-state index contributed by atoms with van der Waals surface area (Å²) in [6, 6.07) is 14.2. The highest BCUT2D eigenvalue weighted by atomic mass is 19.4. The van der Waals surface area contributed by atoms with E-state index < -0.39 is 12.3 Å². The third-order valence-electron chi connectivity index (χ3n) is 3.14. The van der Waals surface area contributed by atoms with Gasteiger partial charge in [-0.25, -0.2) is 9.97 Å². The lowest BCUT2D eigenvalue weighted by molar-refractivity contribution is -0.198. The monoisotopic (exact) mass is 304 g/mol. The quantitative estimate of drug-likeness (QED) is 0.723. The number of nitrogens with zero attached hydrogens (tertiary/aromatic N) is 2.